The lowest BCUT2D eigenvalue weighted by atomic mass is 10.1. The number of nitrogens with zero attached hydrogens (tertiary/aromatic N) is 2. The Morgan fingerprint density at radius 1 is 1.12 bits per heavy atom. The molecular weight excluding hydrogens is 439 g/mol. The predicted molar refractivity (Wildman–Crippen MR) is 120 cm³/mol. The van der Waals surface area contributed by atoms with Gasteiger partial charge in [-0.15, -0.1) is 24.0 Å². The van der Waals surface area contributed by atoms with Gasteiger partial charge in [-0.2, -0.15) is 0 Å². The number of nitrogens with two attached hydrogens (primary N) is 1. The zero-order valence-corrected chi connectivity index (χ0v) is 17.5. The van der Waals surface area contributed by atoms with E-state index >= 15 is 0 Å². The van der Waals surface area contributed by atoms with Crippen molar-refractivity contribution >= 4 is 41.3 Å². The average molecular weight is 466 g/mol. The smallest absolute Gasteiger partial charge is 0.193 e. The largest absolute Gasteiger partial charge is 0.378 e. The molecule has 1 aliphatic rings. The summed E-state index contributed by atoms with van der Waals surface area (Å²) >= 11 is 0. The van der Waals surface area contributed by atoms with Crippen LogP contribution < -0.4 is 16.0 Å². The summed E-state index contributed by atoms with van der Waals surface area (Å²) in [5, 5.41) is 3.16. The Morgan fingerprint density at radius 3 is 2.54 bits per heavy atom. The molecule has 3 rings (SSSR count). The topological polar surface area (TPSA) is 62.9 Å². The third-order valence-electron chi connectivity index (χ3n) is 4.35. The number of nitrogens with one attached hydrogen (secondary N) is 1. The van der Waals surface area contributed by atoms with E-state index in [1.54, 1.807) is 0 Å². The van der Waals surface area contributed by atoms with Gasteiger partial charge in [0.1, 0.15) is 0 Å². The Bertz CT molecular complexity index is 712. The Kier molecular flexibility index (Phi) is 8.18. The molecule has 0 amide bonds. The van der Waals surface area contributed by atoms with Gasteiger partial charge < -0.3 is 20.7 Å². The Labute approximate surface area is 172 Å². The minimum absolute atomic E-state index is 0. The summed E-state index contributed by atoms with van der Waals surface area (Å²) in [5.74, 6) is 0.436. The van der Waals surface area contributed by atoms with Gasteiger partial charge in [0.25, 0.3) is 0 Å². The molecule has 5 nitrogen and oxygen atoms in total. The van der Waals surface area contributed by atoms with Crippen molar-refractivity contribution in [3.63, 3.8) is 0 Å². The van der Waals surface area contributed by atoms with E-state index in [1.165, 1.54) is 11.3 Å². The molecule has 1 aliphatic heterocycles. The number of guanidine groups is 1. The maximum absolute atomic E-state index is 6.01. The third-order valence-corrected chi connectivity index (χ3v) is 4.35. The fourth-order valence-electron chi connectivity index (χ4n) is 2.87. The SMILES string of the molecule is CCc1cccc(NC(N)=NCc2ccc(N3CCOCC3)cc2)c1.I. The van der Waals surface area contributed by atoms with Gasteiger partial charge >= 0.3 is 0 Å². The summed E-state index contributed by atoms with van der Waals surface area (Å²) < 4.78 is 5.39. The molecule has 3 N–H and O–H groups in total. The summed E-state index contributed by atoms with van der Waals surface area (Å²) in [6, 6.07) is 16.7. The number of morpholine rings is 1. The lowest BCUT2D eigenvalue weighted by molar-refractivity contribution is 0.122. The average Bonchev–Trinajstić information content (AvgIpc) is 2.67. The quantitative estimate of drug-likeness (QED) is 0.402. The van der Waals surface area contributed by atoms with Crippen LogP contribution in [0.15, 0.2) is 53.5 Å². The van der Waals surface area contributed by atoms with Gasteiger partial charge in [0.15, 0.2) is 5.96 Å². The van der Waals surface area contributed by atoms with E-state index in [-0.39, 0.29) is 24.0 Å². The molecule has 0 aliphatic carbocycles. The molecule has 26 heavy (non-hydrogen) atoms. The Hall–Kier alpha value is -1.80. The second-order valence-corrected chi connectivity index (χ2v) is 6.15. The highest BCUT2D eigenvalue weighted by Crippen LogP contribution is 2.17. The fraction of sp³-hybridized carbons (Fsp3) is 0.350. The van der Waals surface area contributed by atoms with Gasteiger partial charge in [-0.1, -0.05) is 31.2 Å². The van der Waals surface area contributed by atoms with Crippen LogP contribution in [0.5, 0.6) is 0 Å². The van der Waals surface area contributed by atoms with Crippen molar-refractivity contribution in [1.29, 1.82) is 0 Å². The number of hydrogen-bond donors (Lipinski definition) is 2. The number of benzene rings is 2. The van der Waals surface area contributed by atoms with Gasteiger partial charge in [-0.05, 0) is 41.8 Å². The lowest BCUT2D eigenvalue weighted by Crippen LogP contribution is -2.36. The molecule has 0 unspecified atom stereocenters. The van der Waals surface area contributed by atoms with Crippen LogP contribution in [0.2, 0.25) is 0 Å². The highest BCUT2D eigenvalue weighted by Gasteiger charge is 2.10. The number of ether oxygens (including phenoxy) is 1. The normalized spacial score (nSPS) is 14.7. The molecule has 1 fully saturated rings. The molecular formula is C20H27IN4O. The van der Waals surface area contributed by atoms with Crippen molar-refractivity contribution < 1.29 is 4.74 Å². The summed E-state index contributed by atoms with van der Waals surface area (Å²) in [7, 11) is 0. The fourth-order valence-corrected chi connectivity index (χ4v) is 2.87. The van der Waals surface area contributed by atoms with E-state index in [4.69, 9.17) is 10.5 Å². The highest BCUT2D eigenvalue weighted by atomic mass is 127. The van der Waals surface area contributed by atoms with Crippen LogP contribution in [0, 0.1) is 0 Å². The number of aliphatic imine (C=N–C) groups is 1. The molecule has 2 aromatic rings. The van der Waals surface area contributed by atoms with Crippen molar-refractivity contribution in [1.82, 2.24) is 0 Å². The van der Waals surface area contributed by atoms with Gasteiger partial charge in [-0.3, -0.25) is 0 Å². The monoisotopic (exact) mass is 466 g/mol. The minimum atomic E-state index is 0. The predicted octanol–water partition coefficient (Wildman–Crippen LogP) is 3.63. The third kappa shape index (κ3) is 5.88. The van der Waals surface area contributed by atoms with Crippen LogP contribution in [-0.2, 0) is 17.7 Å². The van der Waals surface area contributed by atoms with Crippen LogP contribution in [0.25, 0.3) is 0 Å². The summed E-state index contributed by atoms with van der Waals surface area (Å²) in [6.07, 6.45) is 1.00. The molecule has 140 valence electrons. The molecule has 0 saturated carbocycles. The van der Waals surface area contributed by atoms with E-state index in [0.29, 0.717) is 12.5 Å². The van der Waals surface area contributed by atoms with Crippen LogP contribution in [0.1, 0.15) is 18.1 Å². The molecule has 1 saturated heterocycles. The van der Waals surface area contributed by atoms with E-state index in [1.807, 2.05) is 12.1 Å². The molecule has 6 heteroatoms. The second kappa shape index (κ2) is 10.4. The van der Waals surface area contributed by atoms with Crippen molar-refractivity contribution in [3.05, 3.63) is 59.7 Å². The van der Waals surface area contributed by atoms with Gasteiger partial charge in [0.2, 0.25) is 0 Å². The van der Waals surface area contributed by atoms with Gasteiger partial charge in [0, 0.05) is 24.5 Å². The first-order chi connectivity index (χ1) is 12.2. The molecule has 0 atom stereocenters. The number of aryl methyl sites for hydroxylation is 1. The standard InChI is InChI=1S/C20H26N4O.HI/c1-2-16-4-3-5-18(14-16)23-20(21)22-15-17-6-8-19(9-7-17)24-10-12-25-13-11-24;/h3-9,14H,2,10-13,15H2,1H3,(H3,21,22,23);1H. The van der Waals surface area contributed by atoms with Crippen LogP contribution in [0.4, 0.5) is 11.4 Å². The van der Waals surface area contributed by atoms with Crippen molar-refractivity contribution in [2.24, 2.45) is 10.7 Å². The molecule has 0 bridgehead atoms. The number of halogens is 1. The highest BCUT2D eigenvalue weighted by molar-refractivity contribution is 14.0. The zero-order chi connectivity index (χ0) is 17.5. The van der Waals surface area contributed by atoms with Crippen LogP contribution in [-0.4, -0.2) is 32.3 Å². The number of hydrogen-bond acceptors (Lipinski definition) is 3. The minimum Gasteiger partial charge on any atom is -0.378 e. The van der Waals surface area contributed by atoms with Gasteiger partial charge in [-0.25, -0.2) is 4.99 Å². The molecule has 0 radical (unpaired) electrons. The maximum atomic E-state index is 6.01. The van der Waals surface area contributed by atoms with E-state index < -0.39 is 0 Å². The van der Waals surface area contributed by atoms with E-state index in [0.717, 1.165) is 44.0 Å². The first-order valence-electron chi connectivity index (χ1n) is 8.82. The van der Waals surface area contributed by atoms with E-state index in [9.17, 15) is 0 Å². The molecule has 0 spiro atoms. The van der Waals surface area contributed by atoms with Crippen molar-refractivity contribution in [2.45, 2.75) is 19.9 Å². The first kappa shape index (κ1) is 20.5. The van der Waals surface area contributed by atoms with Crippen molar-refractivity contribution in [2.75, 3.05) is 36.5 Å². The lowest BCUT2D eigenvalue weighted by Gasteiger charge is -2.28. The molecule has 0 aromatic heterocycles. The van der Waals surface area contributed by atoms with Crippen molar-refractivity contribution in [3.8, 4) is 0 Å². The van der Waals surface area contributed by atoms with E-state index in [2.05, 4.69) is 58.5 Å². The summed E-state index contributed by atoms with van der Waals surface area (Å²) in [6.45, 7) is 6.20. The zero-order valence-electron chi connectivity index (χ0n) is 15.1. The van der Waals surface area contributed by atoms with Gasteiger partial charge in [0.05, 0.1) is 19.8 Å². The summed E-state index contributed by atoms with van der Waals surface area (Å²) in [5.41, 5.74) is 10.6. The number of rotatable bonds is 5. The Balaban J connectivity index is 0.00000243. The molecule has 1 heterocycles. The Morgan fingerprint density at radius 2 is 1.85 bits per heavy atom. The van der Waals surface area contributed by atoms with Crippen LogP contribution in [0.3, 0.4) is 0 Å². The number of anilines is 2. The molecule has 2 aromatic carbocycles. The second-order valence-electron chi connectivity index (χ2n) is 6.15. The maximum Gasteiger partial charge on any atom is 0.193 e. The summed E-state index contributed by atoms with van der Waals surface area (Å²) in [4.78, 5) is 6.78. The first-order valence-corrected chi connectivity index (χ1v) is 8.82. The van der Waals surface area contributed by atoms with Crippen LogP contribution >= 0.6 is 24.0 Å².